The van der Waals surface area contributed by atoms with Gasteiger partial charge in [-0.3, -0.25) is 9.59 Å². The maximum absolute atomic E-state index is 13.2. The number of halogens is 3. The van der Waals surface area contributed by atoms with E-state index in [0.29, 0.717) is 18.9 Å². The summed E-state index contributed by atoms with van der Waals surface area (Å²) < 4.78 is 39.6. The second kappa shape index (κ2) is 12.7. The van der Waals surface area contributed by atoms with E-state index in [9.17, 15) is 27.9 Å². The normalized spacial score (nSPS) is 17.8. The van der Waals surface area contributed by atoms with Crippen molar-refractivity contribution in [2.75, 3.05) is 26.2 Å². The van der Waals surface area contributed by atoms with E-state index in [1.54, 1.807) is 0 Å². The molecule has 38 heavy (non-hydrogen) atoms. The molecule has 4 rings (SSSR count). The van der Waals surface area contributed by atoms with Crippen LogP contribution in [0.15, 0.2) is 42.5 Å². The zero-order valence-electron chi connectivity index (χ0n) is 21.5. The van der Waals surface area contributed by atoms with Gasteiger partial charge in [-0.15, -0.1) is 0 Å². The minimum Gasteiger partial charge on any atom is -0.507 e. The third kappa shape index (κ3) is 7.49. The van der Waals surface area contributed by atoms with Gasteiger partial charge in [-0.1, -0.05) is 44.2 Å². The van der Waals surface area contributed by atoms with E-state index < -0.39 is 23.7 Å². The number of amides is 2. The Labute approximate surface area is 221 Å². The summed E-state index contributed by atoms with van der Waals surface area (Å²) in [6, 6.07) is 7.95. The summed E-state index contributed by atoms with van der Waals surface area (Å²) in [7, 11) is 0. The van der Waals surface area contributed by atoms with Crippen molar-refractivity contribution in [1.82, 2.24) is 15.5 Å². The highest BCUT2D eigenvalue weighted by atomic mass is 19.4. The Hall–Kier alpha value is -3.07. The van der Waals surface area contributed by atoms with E-state index in [-0.39, 0.29) is 28.3 Å². The first kappa shape index (κ1) is 28.0. The van der Waals surface area contributed by atoms with Crippen molar-refractivity contribution in [3.63, 3.8) is 0 Å². The smallest absolute Gasteiger partial charge is 0.416 e. The van der Waals surface area contributed by atoms with E-state index in [0.717, 1.165) is 57.5 Å². The third-order valence-electron chi connectivity index (χ3n) is 7.60. The highest BCUT2D eigenvalue weighted by molar-refractivity contribution is 5.99. The Morgan fingerprint density at radius 2 is 1.74 bits per heavy atom. The maximum Gasteiger partial charge on any atom is 0.416 e. The van der Waals surface area contributed by atoms with Gasteiger partial charge in [-0.2, -0.15) is 13.2 Å². The number of carbonyl (C=O) groups is 2. The number of nitrogens with zero attached hydrogens (tertiary/aromatic N) is 1. The maximum atomic E-state index is 13.2. The Morgan fingerprint density at radius 1 is 1.00 bits per heavy atom. The largest absolute Gasteiger partial charge is 0.507 e. The quantitative estimate of drug-likeness (QED) is 0.407. The monoisotopic (exact) mass is 531 g/mol. The van der Waals surface area contributed by atoms with Gasteiger partial charge in [0.15, 0.2) is 0 Å². The first-order valence-corrected chi connectivity index (χ1v) is 13.5. The van der Waals surface area contributed by atoms with Gasteiger partial charge in [0, 0.05) is 24.2 Å². The predicted molar refractivity (Wildman–Crippen MR) is 140 cm³/mol. The molecule has 2 fully saturated rings. The molecule has 0 spiro atoms. The van der Waals surface area contributed by atoms with E-state index in [4.69, 9.17) is 0 Å². The Bertz CT molecular complexity index is 1110. The summed E-state index contributed by atoms with van der Waals surface area (Å²) in [5.74, 6) is -0.619. The number of rotatable bonds is 9. The molecule has 0 bridgehead atoms. The summed E-state index contributed by atoms with van der Waals surface area (Å²) in [4.78, 5) is 28.7. The molecule has 6 nitrogen and oxygen atoms in total. The molecule has 1 saturated carbocycles. The van der Waals surface area contributed by atoms with Crippen molar-refractivity contribution in [2.45, 2.75) is 63.6 Å². The molecular weight excluding hydrogens is 495 g/mol. The topological polar surface area (TPSA) is 81.7 Å². The van der Waals surface area contributed by atoms with Crippen LogP contribution in [0.3, 0.4) is 0 Å². The van der Waals surface area contributed by atoms with Crippen molar-refractivity contribution in [2.24, 2.45) is 5.92 Å². The number of aromatic hydroxyl groups is 1. The fraction of sp³-hybridized carbons (Fsp3) is 0.517. The lowest BCUT2D eigenvalue weighted by atomic mass is 9.84. The second-order valence-corrected chi connectivity index (χ2v) is 10.4. The lowest BCUT2D eigenvalue weighted by molar-refractivity contribution is -0.137. The van der Waals surface area contributed by atoms with Gasteiger partial charge in [0.05, 0.1) is 5.56 Å². The van der Waals surface area contributed by atoms with Crippen molar-refractivity contribution < 1.29 is 27.9 Å². The number of likely N-dealkylation sites (tertiary alicyclic amines) is 1. The number of hydrogen-bond donors (Lipinski definition) is 3. The molecule has 0 radical (unpaired) electrons. The average Bonchev–Trinajstić information content (AvgIpc) is 3.42. The van der Waals surface area contributed by atoms with Crippen LogP contribution in [0.5, 0.6) is 5.75 Å². The average molecular weight is 532 g/mol. The number of hydrogen-bond acceptors (Lipinski definition) is 4. The minimum atomic E-state index is -4.53. The Kier molecular flexibility index (Phi) is 9.31. The van der Waals surface area contributed by atoms with Crippen LogP contribution in [0.4, 0.5) is 13.2 Å². The highest BCUT2D eigenvalue weighted by Crippen LogP contribution is 2.35. The molecule has 0 aromatic heterocycles. The molecule has 206 valence electrons. The molecule has 0 unspecified atom stereocenters. The molecule has 2 aromatic carbocycles. The van der Waals surface area contributed by atoms with Crippen LogP contribution in [0.2, 0.25) is 0 Å². The Balaban J connectivity index is 1.48. The highest BCUT2D eigenvalue weighted by Gasteiger charge is 2.31. The fourth-order valence-corrected chi connectivity index (χ4v) is 5.47. The number of carbonyl (C=O) groups excluding carboxylic acids is 2. The van der Waals surface area contributed by atoms with Crippen molar-refractivity contribution in [1.29, 1.82) is 0 Å². The van der Waals surface area contributed by atoms with Crippen LogP contribution in [-0.2, 0) is 11.0 Å². The van der Waals surface area contributed by atoms with Crippen LogP contribution in [0, 0.1) is 5.92 Å². The lowest BCUT2D eigenvalue weighted by Gasteiger charge is -2.27. The van der Waals surface area contributed by atoms with Crippen LogP contribution < -0.4 is 10.6 Å². The zero-order chi connectivity index (χ0) is 27.1. The summed E-state index contributed by atoms with van der Waals surface area (Å²) in [5, 5.41) is 16.2. The zero-order valence-corrected chi connectivity index (χ0v) is 21.5. The molecule has 1 atom stereocenters. The van der Waals surface area contributed by atoms with Gasteiger partial charge in [-0.05, 0) is 74.2 Å². The third-order valence-corrected chi connectivity index (χ3v) is 7.60. The lowest BCUT2D eigenvalue weighted by Crippen LogP contribution is -2.49. The van der Waals surface area contributed by atoms with Crippen LogP contribution in [0.1, 0.15) is 67.3 Å². The van der Waals surface area contributed by atoms with Crippen molar-refractivity contribution in [3.8, 4) is 16.9 Å². The van der Waals surface area contributed by atoms with Crippen molar-refractivity contribution >= 4 is 11.8 Å². The van der Waals surface area contributed by atoms with E-state index in [1.807, 2.05) is 0 Å². The molecule has 2 aliphatic rings. The minimum absolute atomic E-state index is 0.114. The summed E-state index contributed by atoms with van der Waals surface area (Å²) in [6.45, 7) is 3.35. The molecule has 1 aliphatic carbocycles. The molecule has 1 heterocycles. The van der Waals surface area contributed by atoms with Gasteiger partial charge in [0.2, 0.25) is 5.91 Å². The number of benzene rings is 2. The molecular formula is C29H36F3N3O3. The van der Waals surface area contributed by atoms with E-state index in [1.165, 1.54) is 49.6 Å². The van der Waals surface area contributed by atoms with Gasteiger partial charge < -0.3 is 20.6 Å². The second-order valence-electron chi connectivity index (χ2n) is 10.4. The molecule has 2 aromatic rings. The number of alkyl halides is 3. The van der Waals surface area contributed by atoms with E-state index >= 15 is 0 Å². The SMILES string of the molecule is O=C(N[C@@H](CC1CCCCC1)C(=O)NCCN1CCCC1)c1ccc(O)c(-c2cccc(C(F)(F)F)c2)c1. The van der Waals surface area contributed by atoms with Gasteiger partial charge in [-0.25, -0.2) is 0 Å². The standard InChI is InChI=1S/C29H36F3N3O3/c30-29(31,32)23-10-6-9-21(18-23)24-19-22(11-12-26(24)36)27(37)34-25(17-20-7-2-1-3-8-20)28(38)33-13-16-35-14-4-5-15-35/h6,9-12,18-20,25,36H,1-5,7-8,13-17H2,(H,33,38)(H,34,37)/t25-/m0/s1. The molecule has 2 amide bonds. The van der Waals surface area contributed by atoms with Crippen LogP contribution in [0.25, 0.3) is 11.1 Å². The summed E-state index contributed by atoms with van der Waals surface area (Å²) in [6.07, 6.45) is 3.79. The van der Waals surface area contributed by atoms with Crippen LogP contribution in [-0.4, -0.2) is 54.0 Å². The molecule has 3 N–H and O–H groups in total. The predicted octanol–water partition coefficient (Wildman–Crippen LogP) is 5.36. The number of phenols is 1. The van der Waals surface area contributed by atoms with Gasteiger partial charge in [0.25, 0.3) is 5.91 Å². The molecule has 9 heteroatoms. The van der Waals surface area contributed by atoms with Crippen molar-refractivity contribution in [3.05, 3.63) is 53.6 Å². The van der Waals surface area contributed by atoms with E-state index in [2.05, 4.69) is 15.5 Å². The first-order valence-electron chi connectivity index (χ1n) is 13.5. The first-order chi connectivity index (χ1) is 18.2. The van der Waals surface area contributed by atoms with Gasteiger partial charge in [0.1, 0.15) is 11.8 Å². The number of nitrogens with one attached hydrogen (secondary N) is 2. The summed E-state index contributed by atoms with van der Waals surface area (Å²) in [5.41, 5.74) is -0.427. The fourth-order valence-electron chi connectivity index (χ4n) is 5.47. The summed E-state index contributed by atoms with van der Waals surface area (Å²) >= 11 is 0. The number of phenolic OH excluding ortho intramolecular Hbond substituents is 1. The van der Waals surface area contributed by atoms with Crippen LogP contribution >= 0.6 is 0 Å². The molecule has 1 aliphatic heterocycles. The molecule has 1 saturated heterocycles. The Morgan fingerprint density at radius 3 is 2.45 bits per heavy atom. The van der Waals surface area contributed by atoms with Gasteiger partial charge >= 0.3 is 6.18 Å².